The van der Waals surface area contributed by atoms with Crippen molar-refractivity contribution in [2.45, 2.75) is 0 Å². The average molecular weight is 565 g/mol. The van der Waals surface area contributed by atoms with Gasteiger partial charge < -0.3 is 14.5 Å². The molecule has 2 N–H and O–H groups in total. The van der Waals surface area contributed by atoms with Crippen LogP contribution in [-0.4, -0.2) is 28.1 Å². The van der Waals surface area contributed by atoms with E-state index < -0.39 is 5.91 Å². The number of nitrogens with one attached hydrogen (secondary N) is 2. The van der Waals surface area contributed by atoms with Crippen LogP contribution in [-0.2, 0) is 0 Å². The Morgan fingerprint density at radius 2 is 1.70 bits per heavy atom. The van der Waals surface area contributed by atoms with Gasteiger partial charge in [0.15, 0.2) is 10.7 Å². The highest BCUT2D eigenvalue weighted by Crippen LogP contribution is 2.34. The molecule has 1 amide bonds. The van der Waals surface area contributed by atoms with E-state index in [1.54, 1.807) is 18.2 Å². The molecule has 7 nitrogen and oxygen atoms in total. The summed E-state index contributed by atoms with van der Waals surface area (Å²) in [6, 6.07) is 30.1. The zero-order valence-corrected chi connectivity index (χ0v) is 22.7. The van der Waals surface area contributed by atoms with Gasteiger partial charge in [0, 0.05) is 27.8 Å². The summed E-state index contributed by atoms with van der Waals surface area (Å²) >= 11 is 11.5. The number of carbonyl (C=O) groups excluding carboxylic acids is 1. The molecule has 0 atom stereocenters. The van der Waals surface area contributed by atoms with Crippen molar-refractivity contribution < 1.29 is 13.9 Å². The largest absolute Gasteiger partial charge is 0.495 e. The number of ether oxygens (including phenoxy) is 1. The van der Waals surface area contributed by atoms with E-state index in [2.05, 4.69) is 10.6 Å². The van der Waals surface area contributed by atoms with Crippen LogP contribution in [0.4, 0.5) is 5.69 Å². The lowest BCUT2D eigenvalue weighted by Gasteiger charge is -2.10. The van der Waals surface area contributed by atoms with Gasteiger partial charge in [0.2, 0.25) is 5.89 Å². The molecule has 40 heavy (non-hydrogen) atoms. The van der Waals surface area contributed by atoms with Crippen LogP contribution in [0.25, 0.3) is 44.7 Å². The van der Waals surface area contributed by atoms with Gasteiger partial charge in [0.05, 0.1) is 23.3 Å². The fourth-order valence-electron chi connectivity index (χ4n) is 4.37. The number of para-hydroxylation sites is 1. The van der Waals surface area contributed by atoms with Crippen LogP contribution in [0, 0.1) is 0 Å². The number of carbonyl (C=O) groups is 1. The number of aromatic nitrogens is 2. The summed E-state index contributed by atoms with van der Waals surface area (Å²) in [5, 5.41) is 7.10. The molecule has 0 radical (unpaired) electrons. The van der Waals surface area contributed by atoms with Crippen molar-refractivity contribution in [3.05, 3.63) is 108 Å². The quantitative estimate of drug-likeness (QED) is 0.210. The highest BCUT2D eigenvalue weighted by Gasteiger charge is 2.16. The van der Waals surface area contributed by atoms with E-state index in [4.69, 9.17) is 42.9 Å². The van der Waals surface area contributed by atoms with Crippen LogP contribution < -0.4 is 15.4 Å². The Hall–Kier alpha value is -4.79. The molecule has 4 aromatic carbocycles. The highest BCUT2D eigenvalue weighted by atomic mass is 35.5. The van der Waals surface area contributed by atoms with Crippen LogP contribution >= 0.6 is 23.8 Å². The lowest BCUT2D eigenvalue weighted by Crippen LogP contribution is -2.34. The van der Waals surface area contributed by atoms with E-state index in [1.807, 2.05) is 72.8 Å². The SMILES string of the molecule is COc1ccc(C(=O)NC(=S)Nc2ccc3oc(-c4cc(-c5ccccc5)nc5ccccc45)nc3c2)cc1Cl. The summed E-state index contributed by atoms with van der Waals surface area (Å²) in [4.78, 5) is 22.3. The van der Waals surface area contributed by atoms with E-state index in [1.165, 1.54) is 13.2 Å². The Kier molecular flexibility index (Phi) is 6.86. The van der Waals surface area contributed by atoms with Crippen molar-refractivity contribution >= 4 is 62.5 Å². The summed E-state index contributed by atoms with van der Waals surface area (Å²) < 4.78 is 11.3. The van der Waals surface area contributed by atoms with E-state index in [0.29, 0.717) is 39.0 Å². The molecular formula is C31H21ClN4O3S. The maximum atomic E-state index is 12.6. The number of nitrogens with zero attached hydrogens (tertiary/aromatic N) is 2. The average Bonchev–Trinajstić information content (AvgIpc) is 3.40. The van der Waals surface area contributed by atoms with E-state index >= 15 is 0 Å². The van der Waals surface area contributed by atoms with Crippen LogP contribution in [0.15, 0.2) is 101 Å². The number of oxazole rings is 1. The van der Waals surface area contributed by atoms with Gasteiger partial charge in [-0.3, -0.25) is 10.1 Å². The normalized spacial score (nSPS) is 10.9. The lowest BCUT2D eigenvalue weighted by atomic mass is 10.0. The van der Waals surface area contributed by atoms with Crippen LogP contribution in [0.2, 0.25) is 5.02 Å². The third-order valence-electron chi connectivity index (χ3n) is 6.30. The molecule has 196 valence electrons. The number of amides is 1. The topological polar surface area (TPSA) is 89.3 Å². The number of rotatable bonds is 5. The second-order valence-electron chi connectivity index (χ2n) is 8.90. The highest BCUT2D eigenvalue weighted by molar-refractivity contribution is 7.80. The second-order valence-corrected chi connectivity index (χ2v) is 9.71. The van der Waals surface area contributed by atoms with Gasteiger partial charge in [-0.2, -0.15) is 0 Å². The zero-order valence-electron chi connectivity index (χ0n) is 21.1. The Morgan fingerprint density at radius 3 is 2.50 bits per heavy atom. The number of anilines is 1. The minimum Gasteiger partial charge on any atom is -0.495 e. The molecule has 9 heteroatoms. The van der Waals surface area contributed by atoms with Crippen molar-refractivity contribution in [1.82, 2.24) is 15.3 Å². The predicted molar refractivity (Wildman–Crippen MR) is 162 cm³/mol. The third kappa shape index (κ3) is 5.10. The van der Waals surface area contributed by atoms with Crippen molar-refractivity contribution in [2.75, 3.05) is 12.4 Å². The first-order valence-electron chi connectivity index (χ1n) is 12.3. The van der Waals surface area contributed by atoms with Gasteiger partial charge >= 0.3 is 0 Å². The van der Waals surface area contributed by atoms with Crippen LogP contribution in [0.3, 0.4) is 0 Å². The van der Waals surface area contributed by atoms with Gasteiger partial charge in [-0.15, -0.1) is 0 Å². The standard InChI is InChI=1S/C31H21ClN4O3S/c1-38-27-13-11-19(15-23(27)32)29(37)36-31(40)33-20-12-14-28-26(16-20)35-30(39-28)22-17-25(18-7-3-2-4-8-18)34-24-10-6-5-9-21(22)24/h2-17H,1H3,(H2,33,36,37,40). The monoisotopic (exact) mass is 564 g/mol. The number of halogens is 1. The Labute approximate surface area is 239 Å². The summed E-state index contributed by atoms with van der Waals surface area (Å²) in [5.74, 6) is 0.566. The van der Waals surface area contributed by atoms with E-state index in [0.717, 1.165) is 27.7 Å². The van der Waals surface area contributed by atoms with Crippen LogP contribution in [0.1, 0.15) is 10.4 Å². The summed E-state index contributed by atoms with van der Waals surface area (Å²) in [7, 11) is 1.51. The molecule has 2 heterocycles. The molecule has 0 aliphatic carbocycles. The summed E-state index contributed by atoms with van der Waals surface area (Å²) in [5.41, 5.74) is 5.78. The maximum Gasteiger partial charge on any atom is 0.257 e. The molecule has 0 aliphatic rings. The molecule has 0 saturated heterocycles. The number of fused-ring (bicyclic) bond motifs is 2. The van der Waals surface area contributed by atoms with Crippen molar-refractivity contribution in [3.63, 3.8) is 0 Å². The van der Waals surface area contributed by atoms with Gasteiger partial charge in [-0.1, -0.05) is 60.1 Å². The van der Waals surface area contributed by atoms with Gasteiger partial charge in [-0.05, 0) is 60.7 Å². The van der Waals surface area contributed by atoms with Crippen molar-refractivity contribution in [2.24, 2.45) is 0 Å². The minimum absolute atomic E-state index is 0.132. The molecule has 2 aromatic heterocycles. The Balaban J connectivity index is 1.27. The molecular weight excluding hydrogens is 544 g/mol. The van der Waals surface area contributed by atoms with Crippen LogP contribution in [0.5, 0.6) is 5.75 Å². The number of hydrogen-bond acceptors (Lipinski definition) is 6. The molecule has 0 spiro atoms. The third-order valence-corrected chi connectivity index (χ3v) is 6.80. The number of thiocarbonyl (C=S) groups is 1. The van der Waals surface area contributed by atoms with Gasteiger partial charge in [0.1, 0.15) is 11.3 Å². The molecule has 0 unspecified atom stereocenters. The van der Waals surface area contributed by atoms with Gasteiger partial charge in [0.25, 0.3) is 5.91 Å². The van der Waals surface area contributed by atoms with Crippen molar-refractivity contribution in [3.8, 4) is 28.5 Å². The fraction of sp³-hybridized carbons (Fsp3) is 0.0323. The smallest absolute Gasteiger partial charge is 0.257 e. The molecule has 0 fully saturated rings. The number of pyridine rings is 1. The predicted octanol–water partition coefficient (Wildman–Crippen LogP) is 7.50. The van der Waals surface area contributed by atoms with E-state index in [9.17, 15) is 4.79 Å². The first-order valence-corrected chi connectivity index (χ1v) is 13.1. The Bertz CT molecular complexity index is 1910. The first-order chi connectivity index (χ1) is 19.5. The van der Waals surface area contributed by atoms with E-state index in [-0.39, 0.29) is 5.11 Å². The number of hydrogen-bond donors (Lipinski definition) is 2. The number of benzene rings is 4. The molecule has 6 rings (SSSR count). The molecule has 0 bridgehead atoms. The fourth-order valence-corrected chi connectivity index (χ4v) is 4.84. The zero-order chi connectivity index (χ0) is 27.6. The molecule has 6 aromatic rings. The molecule has 0 aliphatic heterocycles. The maximum absolute atomic E-state index is 12.6. The molecule has 0 saturated carbocycles. The summed E-state index contributed by atoms with van der Waals surface area (Å²) in [6.45, 7) is 0. The second kappa shape index (κ2) is 10.8. The van der Waals surface area contributed by atoms with Crippen molar-refractivity contribution in [1.29, 1.82) is 0 Å². The Morgan fingerprint density at radius 1 is 0.900 bits per heavy atom. The number of methoxy groups -OCH3 is 1. The van der Waals surface area contributed by atoms with Gasteiger partial charge in [-0.25, -0.2) is 9.97 Å². The minimum atomic E-state index is -0.398. The first kappa shape index (κ1) is 25.5. The lowest BCUT2D eigenvalue weighted by molar-refractivity contribution is 0.0977. The summed E-state index contributed by atoms with van der Waals surface area (Å²) in [6.07, 6.45) is 0.